The van der Waals surface area contributed by atoms with Gasteiger partial charge in [-0.2, -0.15) is 4.98 Å². The second-order valence-electron chi connectivity index (χ2n) is 7.66. The van der Waals surface area contributed by atoms with Gasteiger partial charge in [0, 0.05) is 18.2 Å². The Kier molecular flexibility index (Phi) is 4.74. The summed E-state index contributed by atoms with van der Waals surface area (Å²) < 4.78 is 39.6. The molecule has 0 spiro atoms. The van der Waals surface area contributed by atoms with Crippen molar-refractivity contribution in [1.29, 1.82) is 0 Å². The molecule has 3 N–H and O–H groups in total. The number of benzene rings is 1. The molecule has 0 aliphatic carbocycles. The molecule has 1 aromatic carbocycles. The second-order valence-corrected chi connectivity index (χ2v) is 7.66. The van der Waals surface area contributed by atoms with Crippen molar-refractivity contribution >= 4 is 17.4 Å². The van der Waals surface area contributed by atoms with Crippen molar-refractivity contribution in [3.05, 3.63) is 46.5 Å². The summed E-state index contributed by atoms with van der Waals surface area (Å²) in [4.78, 5) is 28.4. The first-order valence-electron chi connectivity index (χ1n) is 9.24. The van der Waals surface area contributed by atoms with Gasteiger partial charge in [0.25, 0.3) is 11.8 Å². The zero-order valence-corrected chi connectivity index (χ0v) is 16.2. The maximum absolute atomic E-state index is 14.1. The molecule has 9 nitrogen and oxygen atoms in total. The van der Waals surface area contributed by atoms with Gasteiger partial charge in [-0.1, -0.05) is 0 Å². The molecule has 2 aliphatic heterocycles. The first kappa shape index (κ1) is 20.2. The third-order valence-corrected chi connectivity index (χ3v) is 4.75. The van der Waals surface area contributed by atoms with E-state index in [0.717, 1.165) is 6.20 Å². The maximum Gasteiger partial charge on any atom is 0.351 e. The number of aliphatic hydroxyl groups excluding tert-OH is 1. The molecule has 2 aromatic rings. The van der Waals surface area contributed by atoms with E-state index in [2.05, 4.69) is 15.6 Å². The van der Waals surface area contributed by atoms with E-state index >= 15 is 0 Å². The summed E-state index contributed by atoms with van der Waals surface area (Å²) in [6.07, 6.45) is -2.57. The molecule has 1 saturated heterocycles. The van der Waals surface area contributed by atoms with Crippen molar-refractivity contribution in [2.45, 2.75) is 44.2 Å². The largest absolute Gasteiger partial charge is 0.467 e. The molecule has 11 heteroatoms. The van der Waals surface area contributed by atoms with Crippen molar-refractivity contribution in [2.75, 3.05) is 17.2 Å². The highest BCUT2D eigenvalue weighted by atomic mass is 19.3. The molecule has 1 aromatic heterocycles. The minimum Gasteiger partial charge on any atom is -0.467 e. The quantitative estimate of drug-likeness (QED) is 0.690. The van der Waals surface area contributed by atoms with Crippen molar-refractivity contribution in [2.24, 2.45) is 0 Å². The van der Waals surface area contributed by atoms with Crippen LogP contribution in [0, 0.1) is 0 Å². The molecule has 2 aliphatic rings. The van der Waals surface area contributed by atoms with E-state index in [1.165, 1.54) is 6.07 Å². The topological polar surface area (TPSA) is 115 Å². The van der Waals surface area contributed by atoms with E-state index < -0.39 is 48.6 Å². The van der Waals surface area contributed by atoms with E-state index in [9.17, 15) is 18.4 Å². The molecule has 1 fully saturated rings. The van der Waals surface area contributed by atoms with E-state index in [1.807, 2.05) is 13.8 Å². The van der Waals surface area contributed by atoms with Crippen LogP contribution in [0.15, 0.2) is 35.3 Å². The van der Waals surface area contributed by atoms with E-state index in [0.29, 0.717) is 21.6 Å². The normalized spacial score (nSPS) is 23.4. The Bertz CT molecular complexity index is 1060. The third-order valence-electron chi connectivity index (χ3n) is 4.75. The zero-order valence-electron chi connectivity index (χ0n) is 16.2. The average molecular weight is 422 g/mol. The fourth-order valence-electron chi connectivity index (χ4n) is 3.44. The number of rotatable bonds is 4. The molecule has 3 heterocycles. The monoisotopic (exact) mass is 422 g/mol. The van der Waals surface area contributed by atoms with Crippen molar-refractivity contribution in [3.8, 4) is 5.75 Å². The van der Waals surface area contributed by atoms with Gasteiger partial charge in [-0.3, -0.25) is 9.36 Å². The molecule has 0 saturated carbocycles. The van der Waals surface area contributed by atoms with Crippen molar-refractivity contribution in [1.82, 2.24) is 9.55 Å². The fraction of sp³-hybridized carbons (Fsp3) is 0.421. The van der Waals surface area contributed by atoms with Crippen LogP contribution in [0.3, 0.4) is 0 Å². The van der Waals surface area contributed by atoms with Crippen LogP contribution in [-0.2, 0) is 4.74 Å². The van der Waals surface area contributed by atoms with Crippen LogP contribution in [0.5, 0.6) is 5.75 Å². The number of hydrogen-bond donors (Lipinski definition) is 3. The number of aliphatic hydroxyl groups is 1. The lowest BCUT2D eigenvalue weighted by Crippen LogP contribution is -2.35. The number of aromatic nitrogens is 2. The van der Waals surface area contributed by atoms with Gasteiger partial charge < -0.3 is 25.2 Å². The summed E-state index contributed by atoms with van der Waals surface area (Å²) in [5.41, 5.74) is -0.662. The molecule has 2 atom stereocenters. The number of carbonyl (C=O) groups is 1. The first-order chi connectivity index (χ1) is 14.1. The lowest BCUT2D eigenvalue weighted by atomic mass is 10.1. The highest BCUT2D eigenvalue weighted by molar-refractivity contribution is 6.04. The number of carbonyl (C=O) groups excluding carboxylic acids is 1. The van der Waals surface area contributed by atoms with Gasteiger partial charge in [-0.25, -0.2) is 13.6 Å². The number of hydrogen-bond acceptors (Lipinski definition) is 7. The summed E-state index contributed by atoms with van der Waals surface area (Å²) in [5.74, 6) is -3.35. The highest BCUT2D eigenvalue weighted by Gasteiger charge is 2.51. The SMILES string of the molecule is CC1(C)Nc2cc(C(=O)Nc3ccn(C4OC(CO)CC4(F)F)c(=O)n3)ccc2O1. The Morgan fingerprint density at radius 3 is 2.83 bits per heavy atom. The Labute approximate surface area is 169 Å². The number of alkyl halides is 2. The summed E-state index contributed by atoms with van der Waals surface area (Å²) >= 11 is 0. The molecule has 1 amide bonds. The highest BCUT2D eigenvalue weighted by Crippen LogP contribution is 2.41. The average Bonchev–Trinajstić information content (AvgIpc) is 3.14. The predicted octanol–water partition coefficient (Wildman–Crippen LogP) is 1.95. The van der Waals surface area contributed by atoms with E-state index in [-0.39, 0.29) is 5.82 Å². The summed E-state index contributed by atoms with van der Waals surface area (Å²) in [6.45, 7) is 3.10. The maximum atomic E-state index is 14.1. The van der Waals surface area contributed by atoms with Crippen LogP contribution in [0.2, 0.25) is 0 Å². The van der Waals surface area contributed by atoms with Gasteiger partial charge in [-0.05, 0) is 38.1 Å². The number of fused-ring (bicyclic) bond motifs is 1. The van der Waals surface area contributed by atoms with Crippen molar-refractivity contribution in [3.63, 3.8) is 0 Å². The van der Waals surface area contributed by atoms with Gasteiger partial charge in [0.2, 0.25) is 6.23 Å². The summed E-state index contributed by atoms with van der Waals surface area (Å²) in [7, 11) is 0. The molecule has 0 bridgehead atoms. The van der Waals surface area contributed by atoms with Gasteiger partial charge >= 0.3 is 5.69 Å². The summed E-state index contributed by atoms with van der Waals surface area (Å²) in [6, 6.07) is 6.03. The van der Waals surface area contributed by atoms with Crippen LogP contribution < -0.4 is 21.1 Å². The van der Waals surface area contributed by atoms with Crippen LogP contribution >= 0.6 is 0 Å². The molecule has 30 heavy (non-hydrogen) atoms. The Morgan fingerprint density at radius 1 is 1.40 bits per heavy atom. The Morgan fingerprint density at radius 2 is 2.17 bits per heavy atom. The number of nitrogens with zero attached hydrogens (tertiary/aromatic N) is 2. The molecule has 4 rings (SSSR count). The fourth-order valence-corrected chi connectivity index (χ4v) is 3.44. The Balaban J connectivity index is 1.51. The number of nitrogens with one attached hydrogen (secondary N) is 2. The van der Waals surface area contributed by atoms with E-state index in [1.54, 1.807) is 18.2 Å². The van der Waals surface area contributed by atoms with Crippen LogP contribution in [-0.4, -0.2) is 44.9 Å². The second kappa shape index (κ2) is 7.03. The lowest BCUT2D eigenvalue weighted by molar-refractivity contribution is -0.120. The smallest absolute Gasteiger partial charge is 0.351 e. The zero-order chi connectivity index (χ0) is 21.7. The number of amides is 1. The lowest BCUT2D eigenvalue weighted by Gasteiger charge is -2.19. The van der Waals surface area contributed by atoms with Crippen LogP contribution in [0.4, 0.5) is 20.3 Å². The minimum atomic E-state index is -3.34. The van der Waals surface area contributed by atoms with Gasteiger partial charge in [0.1, 0.15) is 11.6 Å². The Hall–Kier alpha value is -3.05. The number of ether oxygens (including phenoxy) is 2. The van der Waals surface area contributed by atoms with Gasteiger partial charge in [-0.15, -0.1) is 0 Å². The molecule has 2 unspecified atom stereocenters. The predicted molar refractivity (Wildman–Crippen MR) is 102 cm³/mol. The van der Waals surface area contributed by atoms with Gasteiger partial charge in [0.05, 0.1) is 18.4 Å². The number of anilines is 2. The van der Waals surface area contributed by atoms with Crippen LogP contribution in [0.25, 0.3) is 0 Å². The molecule has 0 radical (unpaired) electrons. The third kappa shape index (κ3) is 3.73. The van der Waals surface area contributed by atoms with E-state index in [4.69, 9.17) is 14.6 Å². The minimum absolute atomic E-state index is 0.0914. The number of halogens is 2. The molecular weight excluding hydrogens is 402 g/mol. The standard InChI is InChI=1S/C19H20F2N4O5/c1-18(2)24-12-7-10(3-4-13(12)30-18)15(27)22-14-5-6-25(17(28)23-14)16-19(20,21)8-11(9-26)29-16/h3-7,11,16,24,26H,8-9H2,1-2H3,(H,22,23,27,28). The van der Waals surface area contributed by atoms with Crippen molar-refractivity contribution < 1.29 is 28.2 Å². The summed E-state index contributed by atoms with van der Waals surface area (Å²) in [5, 5.41) is 14.6. The molecule has 160 valence electrons. The van der Waals surface area contributed by atoms with Crippen LogP contribution in [0.1, 0.15) is 36.9 Å². The first-order valence-corrected chi connectivity index (χ1v) is 9.24. The van der Waals surface area contributed by atoms with Gasteiger partial charge in [0.15, 0.2) is 5.72 Å². The molecular formula is C19H20F2N4O5.